The number of nitrogens with one attached hydrogen (secondary N) is 1. The number of halogens is 1. The zero-order valence-corrected chi connectivity index (χ0v) is 12.0. The second-order valence-corrected chi connectivity index (χ2v) is 5.79. The first-order valence-corrected chi connectivity index (χ1v) is 7.02. The highest BCUT2D eigenvalue weighted by Gasteiger charge is 2.47. The van der Waals surface area contributed by atoms with Gasteiger partial charge in [-0.3, -0.25) is 10.1 Å². The molecule has 0 spiro atoms. The molecule has 1 aromatic rings. The van der Waals surface area contributed by atoms with Crippen LogP contribution >= 0.6 is 11.6 Å². The lowest BCUT2D eigenvalue weighted by molar-refractivity contribution is -0.385. The lowest BCUT2D eigenvalue weighted by atomic mass is 9.89. The molecule has 1 aliphatic carbocycles. The highest BCUT2D eigenvalue weighted by Crippen LogP contribution is 2.52. The van der Waals surface area contributed by atoms with Gasteiger partial charge in [-0.05, 0) is 50.3 Å². The van der Waals surface area contributed by atoms with Crippen molar-refractivity contribution in [3.05, 3.63) is 38.9 Å². The van der Waals surface area contributed by atoms with Crippen LogP contribution in [0.3, 0.4) is 0 Å². The first-order chi connectivity index (χ1) is 8.98. The summed E-state index contributed by atoms with van der Waals surface area (Å²) in [5.41, 5.74) is 1.09. The largest absolute Gasteiger partial charge is 0.314 e. The van der Waals surface area contributed by atoms with E-state index in [0.717, 1.165) is 31.4 Å². The van der Waals surface area contributed by atoms with Crippen LogP contribution in [0.1, 0.15) is 32.3 Å². The first kappa shape index (κ1) is 14.3. The van der Waals surface area contributed by atoms with E-state index in [9.17, 15) is 10.1 Å². The number of rotatable bonds is 6. The monoisotopic (exact) mass is 282 g/mol. The standard InChI is InChI=1S/C14H19ClN2O2/c1-3-16-10(2)14(6-7-14)9-11-8-12(15)4-5-13(11)17(18)19/h4-5,8,10,16H,3,6-7,9H2,1-2H3. The Bertz CT molecular complexity index is 486. The van der Waals surface area contributed by atoms with Crippen molar-refractivity contribution in [3.8, 4) is 0 Å². The topological polar surface area (TPSA) is 55.2 Å². The summed E-state index contributed by atoms with van der Waals surface area (Å²) in [7, 11) is 0. The zero-order chi connectivity index (χ0) is 14.0. The molecule has 5 heteroatoms. The van der Waals surface area contributed by atoms with Crippen molar-refractivity contribution in [1.82, 2.24) is 5.32 Å². The molecule has 1 unspecified atom stereocenters. The normalized spacial score (nSPS) is 18.1. The molecule has 1 saturated carbocycles. The first-order valence-electron chi connectivity index (χ1n) is 6.65. The van der Waals surface area contributed by atoms with Crippen LogP contribution in [0.25, 0.3) is 0 Å². The van der Waals surface area contributed by atoms with Crippen molar-refractivity contribution < 1.29 is 4.92 Å². The van der Waals surface area contributed by atoms with E-state index in [-0.39, 0.29) is 16.0 Å². The molecule has 1 N–H and O–H groups in total. The molecule has 19 heavy (non-hydrogen) atoms. The lowest BCUT2D eigenvalue weighted by Gasteiger charge is -2.24. The Kier molecular flexibility index (Phi) is 4.11. The highest BCUT2D eigenvalue weighted by atomic mass is 35.5. The van der Waals surface area contributed by atoms with Gasteiger partial charge in [0.25, 0.3) is 5.69 Å². The number of nitro benzene ring substituents is 1. The minimum Gasteiger partial charge on any atom is -0.314 e. The van der Waals surface area contributed by atoms with Crippen molar-refractivity contribution >= 4 is 17.3 Å². The second-order valence-electron chi connectivity index (χ2n) is 5.35. The third-order valence-corrected chi connectivity index (χ3v) is 4.34. The van der Waals surface area contributed by atoms with E-state index in [1.54, 1.807) is 12.1 Å². The van der Waals surface area contributed by atoms with Crippen LogP contribution in [-0.4, -0.2) is 17.5 Å². The molecule has 0 radical (unpaired) electrons. The maximum absolute atomic E-state index is 11.1. The van der Waals surface area contributed by atoms with E-state index >= 15 is 0 Å². The summed E-state index contributed by atoms with van der Waals surface area (Å²) in [5, 5.41) is 15.1. The Hall–Kier alpha value is -1.13. The zero-order valence-electron chi connectivity index (χ0n) is 11.3. The molecule has 0 bridgehead atoms. The Morgan fingerprint density at radius 2 is 2.21 bits per heavy atom. The van der Waals surface area contributed by atoms with E-state index < -0.39 is 0 Å². The van der Waals surface area contributed by atoms with Crippen molar-refractivity contribution in [1.29, 1.82) is 0 Å². The molecular weight excluding hydrogens is 264 g/mol. The highest BCUT2D eigenvalue weighted by molar-refractivity contribution is 6.30. The number of hydrogen-bond acceptors (Lipinski definition) is 3. The fraction of sp³-hybridized carbons (Fsp3) is 0.571. The maximum Gasteiger partial charge on any atom is 0.272 e. The van der Waals surface area contributed by atoms with Crippen LogP contribution < -0.4 is 5.32 Å². The summed E-state index contributed by atoms with van der Waals surface area (Å²) in [6.07, 6.45) is 2.95. The Labute approximate surface area is 118 Å². The van der Waals surface area contributed by atoms with Gasteiger partial charge in [-0.2, -0.15) is 0 Å². The van der Waals surface area contributed by atoms with Gasteiger partial charge in [0, 0.05) is 22.7 Å². The molecule has 2 rings (SSSR count). The molecule has 0 aromatic heterocycles. The maximum atomic E-state index is 11.1. The Balaban J connectivity index is 2.23. The molecule has 1 aromatic carbocycles. The molecule has 1 fully saturated rings. The van der Waals surface area contributed by atoms with Crippen molar-refractivity contribution in [2.24, 2.45) is 5.41 Å². The predicted molar refractivity (Wildman–Crippen MR) is 76.6 cm³/mol. The average molecular weight is 283 g/mol. The number of benzene rings is 1. The van der Waals surface area contributed by atoms with E-state index in [2.05, 4.69) is 19.2 Å². The predicted octanol–water partition coefficient (Wildman–Crippen LogP) is 3.57. The molecule has 0 heterocycles. The second kappa shape index (κ2) is 5.47. The fourth-order valence-electron chi connectivity index (χ4n) is 2.70. The number of nitrogens with zero attached hydrogens (tertiary/aromatic N) is 1. The molecule has 1 atom stereocenters. The van der Waals surface area contributed by atoms with E-state index in [4.69, 9.17) is 11.6 Å². The van der Waals surface area contributed by atoms with Crippen LogP contribution in [0.4, 0.5) is 5.69 Å². The minimum absolute atomic E-state index is 0.158. The van der Waals surface area contributed by atoms with Gasteiger partial charge in [-0.25, -0.2) is 0 Å². The summed E-state index contributed by atoms with van der Waals surface area (Å²) in [5.74, 6) is 0. The lowest BCUT2D eigenvalue weighted by Crippen LogP contribution is -2.36. The van der Waals surface area contributed by atoms with Crippen molar-refractivity contribution in [2.45, 2.75) is 39.2 Å². The fourth-order valence-corrected chi connectivity index (χ4v) is 2.89. The van der Waals surface area contributed by atoms with Crippen molar-refractivity contribution in [2.75, 3.05) is 6.54 Å². The average Bonchev–Trinajstić information content (AvgIpc) is 3.10. The quantitative estimate of drug-likeness (QED) is 0.641. The third kappa shape index (κ3) is 3.07. The van der Waals surface area contributed by atoms with Gasteiger partial charge < -0.3 is 5.32 Å². The van der Waals surface area contributed by atoms with E-state index in [1.165, 1.54) is 6.07 Å². The summed E-state index contributed by atoms with van der Waals surface area (Å²) < 4.78 is 0. The van der Waals surface area contributed by atoms with Crippen LogP contribution in [0, 0.1) is 15.5 Å². The van der Waals surface area contributed by atoms with Crippen LogP contribution in [0.15, 0.2) is 18.2 Å². The molecular formula is C14H19ClN2O2. The third-order valence-electron chi connectivity index (χ3n) is 4.10. The summed E-state index contributed by atoms with van der Waals surface area (Å²) in [6, 6.07) is 5.19. The van der Waals surface area contributed by atoms with E-state index in [1.807, 2.05) is 0 Å². The minimum atomic E-state index is -0.320. The van der Waals surface area contributed by atoms with Crippen LogP contribution in [0.2, 0.25) is 5.02 Å². The molecule has 0 saturated heterocycles. The summed E-state index contributed by atoms with van der Waals surface area (Å²) in [6.45, 7) is 5.15. The van der Waals surface area contributed by atoms with Crippen LogP contribution in [0.5, 0.6) is 0 Å². The Morgan fingerprint density at radius 3 is 2.74 bits per heavy atom. The molecule has 4 nitrogen and oxygen atoms in total. The van der Waals surface area contributed by atoms with Gasteiger partial charge in [0.2, 0.25) is 0 Å². The number of nitro groups is 1. The van der Waals surface area contributed by atoms with Gasteiger partial charge in [0.15, 0.2) is 0 Å². The molecule has 1 aliphatic rings. The van der Waals surface area contributed by atoms with Gasteiger partial charge in [-0.15, -0.1) is 0 Å². The van der Waals surface area contributed by atoms with Crippen LogP contribution in [-0.2, 0) is 6.42 Å². The SMILES string of the molecule is CCNC(C)C1(Cc2cc(Cl)ccc2[N+](=O)[O-])CC1. The molecule has 104 valence electrons. The summed E-state index contributed by atoms with van der Waals surface area (Å²) in [4.78, 5) is 10.8. The van der Waals surface area contributed by atoms with E-state index in [0.29, 0.717) is 11.1 Å². The molecule has 0 amide bonds. The summed E-state index contributed by atoms with van der Waals surface area (Å²) >= 11 is 5.97. The van der Waals surface area contributed by atoms with Gasteiger partial charge in [0.05, 0.1) is 4.92 Å². The van der Waals surface area contributed by atoms with Gasteiger partial charge >= 0.3 is 0 Å². The molecule has 0 aliphatic heterocycles. The van der Waals surface area contributed by atoms with Gasteiger partial charge in [-0.1, -0.05) is 18.5 Å². The smallest absolute Gasteiger partial charge is 0.272 e. The number of hydrogen-bond donors (Lipinski definition) is 1. The Morgan fingerprint density at radius 1 is 1.53 bits per heavy atom. The van der Waals surface area contributed by atoms with Gasteiger partial charge in [0.1, 0.15) is 0 Å². The van der Waals surface area contributed by atoms with Crippen molar-refractivity contribution in [3.63, 3.8) is 0 Å².